The zero-order valence-electron chi connectivity index (χ0n) is 9.34. The number of carbonyl (C=O) groups excluding carboxylic acids is 1. The van der Waals surface area contributed by atoms with Crippen LogP contribution in [0.4, 0.5) is 5.82 Å². The summed E-state index contributed by atoms with van der Waals surface area (Å²) in [5.74, 6) is 0.777. The molecule has 1 aliphatic heterocycles. The molecular weight excluding hydrogens is 212 g/mol. The highest BCUT2D eigenvalue weighted by molar-refractivity contribution is 5.82. The Labute approximate surface area is 99.7 Å². The minimum atomic E-state index is 0.653. The molecule has 0 unspecified atom stereocenters. The highest BCUT2D eigenvalue weighted by atomic mass is 16.1. The van der Waals surface area contributed by atoms with Crippen molar-refractivity contribution in [3.8, 4) is 0 Å². The van der Waals surface area contributed by atoms with E-state index < -0.39 is 0 Å². The number of fused-ring (bicyclic) bond motifs is 1. The summed E-state index contributed by atoms with van der Waals surface area (Å²) in [5, 5.41) is 0. The van der Waals surface area contributed by atoms with Crippen molar-refractivity contribution in [2.45, 2.75) is 13.1 Å². The van der Waals surface area contributed by atoms with Gasteiger partial charge >= 0.3 is 0 Å². The molecule has 0 aliphatic carbocycles. The lowest BCUT2D eigenvalue weighted by Crippen LogP contribution is -2.17. The largest absolute Gasteiger partial charge is 0.347 e. The molecule has 0 amide bonds. The highest BCUT2D eigenvalue weighted by Gasteiger charge is 2.21. The van der Waals surface area contributed by atoms with Gasteiger partial charge in [0.25, 0.3) is 0 Å². The van der Waals surface area contributed by atoms with Crippen LogP contribution < -0.4 is 4.90 Å². The van der Waals surface area contributed by atoms with Crippen LogP contribution in [-0.4, -0.2) is 11.3 Å². The first kappa shape index (κ1) is 10.0. The molecule has 3 heteroatoms. The van der Waals surface area contributed by atoms with E-state index in [0.29, 0.717) is 5.56 Å². The lowest BCUT2D eigenvalue weighted by atomic mass is 10.1. The van der Waals surface area contributed by atoms with Gasteiger partial charge in [0.15, 0.2) is 6.29 Å². The SMILES string of the molecule is O=Cc1cccnc1N1Cc2ccccc2C1. The van der Waals surface area contributed by atoms with Crippen LogP contribution in [0.1, 0.15) is 21.5 Å². The minimum Gasteiger partial charge on any atom is -0.347 e. The molecule has 2 aromatic rings. The number of pyridine rings is 1. The van der Waals surface area contributed by atoms with Gasteiger partial charge in [-0.2, -0.15) is 0 Å². The second kappa shape index (κ2) is 4.01. The summed E-state index contributed by atoms with van der Waals surface area (Å²) in [6, 6.07) is 11.9. The van der Waals surface area contributed by atoms with Crippen LogP contribution in [0.5, 0.6) is 0 Å². The van der Waals surface area contributed by atoms with Crippen molar-refractivity contribution in [1.29, 1.82) is 0 Å². The fourth-order valence-corrected chi connectivity index (χ4v) is 2.25. The fraction of sp³-hybridized carbons (Fsp3) is 0.143. The molecule has 0 fully saturated rings. The number of nitrogens with zero attached hydrogens (tertiary/aromatic N) is 2. The Morgan fingerprint density at radius 1 is 1.06 bits per heavy atom. The van der Waals surface area contributed by atoms with Crippen molar-refractivity contribution in [2.24, 2.45) is 0 Å². The summed E-state index contributed by atoms with van der Waals surface area (Å²) in [6.07, 6.45) is 2.59. The van der Waals surface area contributed by atoms with E-state index >= 15 is 0 Å². The first-order chi connectivity index (χ1) is 8.38. The molecule has 0 saturated heterocycles. The van der Waals surface area contributed by atoms with E-state index in [2.05, 4.69) is 22.0 Å². The van der Waals surface area contributed by atoms with Crippen LogP contribution >= 0.6 is 0 Å². The average molecular weight is 224 g/mol. The zero-order chi connectivity index (χ0) is 11.7. The second-order valence-electron chi connectivity index (χ2n) is 4.16. The van der Waals surface area contributed by atoms with Gasteiger partial charge in [-0.1, -0.05) is 24.3 Å². The minimum absolute atomic E-state index is 0.653. The predicted molar refractivity (Wildman–Crippen MR) is 66.0 cm³/mol. The third kappa shape index (κ3) is 1.69. The van der Waals surface area contributed by atoms with Crippen molar-refractivity contribution in [1.82, 2.24) is 4.98 Å². The average Bonchev–Trinajstić information content (AvgIpc) is 2.82. The summed E-state index contributed by atoms with van der Waals surface area (Å²) in [7, 11) is 0. The quantitative estimate of drug-likeness (QED) is 0.734. The molecule has 3 nitrogen and oxygen atoms in total. The lowest BCUT2D eigenvalue weighted by molar-refractivity contribution is 0.112. The van der Waals surface area contributed by atoms with E-state index in [-0.39, 0.29) is 0 Å². The van der Waals surface area contributed by atoms with Gasteiger partial charge in [-0.25, -0.2) is 4.98 Å². The van der Waals surface area contributed by atoms with Crippen LogP contribution in [0.2, 0.25) is 0 Å². The lowest BCUT2D eigenvalue weighted by Gasteiger charge is -2.17. The van der Waals surface area contributed by atoms with Crippen LogP contribution in [-0.2, 0) is 13.1 Å². The van der Waals surface area contributed by atoms with Crippen LogP contribution in [0.3, 0.4) is 0 Å². The molecule has 1 aromatic heterocycles. The monoisotopic (exact) mass is 224 g/mol. The maximum absolute atomic E-state index is 11.0. The third-order valence-electron chi connectivity index (χ3n) is 3.08. The molecule has 3 rings (SSSR count). The summed E-state index contributed by atoms with van der Waals surface area (Å²) in [6.45, 7) is 1.65. The predicted octanol–water partition coefficient (Wildman–Crippen LogP) is 2.41. The molecule has 0 atom stereocenters. The van der Waals surface area contributed by atoms with Crippen molar-refractivity contribution < 1.29 is 4.79 Å². The van der Waals surface area contributed by atoms with E-state index in [1.165, 1.54) is 11.1 Å². The number of hydrogen-bond donors (Lipinski definition) is 0. The molecule has 84 valence electrons. The van der Waals surface area contributed by atoms with Crippen LogP contribution in [0.25, 0.3) is 0 Å². The fourth-order valence-electron chi connectivity index (χ4n) is 2.25. The number of benzene rings is 1. The van der Waals surface area contributed by atoms with Gasteiger partial charge in [-0.3, -0.25) is 4.79 Å². The first-order valence-corrected chi connectivity index (χ1v) is 5.60. The van der Waals surface area contributed by atoms with E-state index in [4.69, 9.17) is 0 Å². The van der Waals surface area contributed by atoms with Gasteiger partial charge in [0, 0.05) is 19.3 Å². The van der Waals surface area contributed by atoms with Crippen molar-refractivity contribution in [3.05, 3.63) is 59.3 Å². The molecule has 0 N–H and O–H groups in total. The zero-order valence-corrected chi connectivity index (χ0v) is 9.34. The van der Waals surface area contributed by atoms with Gasteiger partial charge in [0.05, 0.1) is 5.56 Å². The maximum atomic E-state index is 11.0. The topological polar surface area (TPSA) is 33.2 Å². The number of rotatable bonds is 2. The molecule has 17 heavy (non-hydrogen) atoms. The second-order valence-corrected chi connectivity index (χ2v) is 4.16. The Morgan fingerprint density at radius 3 is 2.41 bits per heavy atom. The molecule has 2 heterocycles. The molecule has 0 bridgehead atoms. The Kier molecular flexibility index (Phi) is 2.37. The standard InChI is InChI=1S/C14H12N2O/c17-10-13-6-3-7-15-14(13)16-8-11-4-1-2-5-12(11)9-16/h1-7,10H,8-9H2. The van der Waals surface area contributed by atoms with Crippen LogP contribution in [0.15, 0.2) is 42.6 Å². The van der Waals surface area contributed by atoms with E-state index in [1.54, 1.807) is 18.3 Å². The van der Waals surface area contributed by atoms with Gasteiger partial charge in [0.2, 0.25) is 0 Å². The van der Waals surface area contributed by atoms with Gasteiger partial charge in [-0.15, -0.1) is 0 Å². The Morgan fingerprint density at radius 2 is 1.76 bits per heavy atom. The van der Waals surface area contributed by atoms with Crippen LogP contribution in [0, 0.1) is 0 Å². The number of aldehydes is 1. The molecule has 0 radical (unpaired) electrons. The third-order valence-corrected chi connectivity index (χ3v) is 3.08. The molecule has 1 aromatic carbocycles. The van der Waals surface area contributed by atoms with Crippen molar-refractivity contribution in [2.75, 3.05) is 4.90 Å². The number of hydrogen-bond acceptors (Lipinski definition) is 3. The smallest absolute Gasteiger partial charge is 0.153 e. The highest BCUT2D eigenvalue weighted by Crippen LogP contribution is 2.27. The van der Waals surface area contributed by atoms with Gasteiger partial charge < -0.3 is 4.90 Å². The molecule has 0 spiro atoms. The maximum Gasteiger partial charge on any atom is 0.153 e. The summed E-state index contributed by atoms with van der Waals surface area (Å²) in [5.41, 5.74) is 3.28. The summed E-state index contributed by atoms with van der Waals surface area (Å²) in [4.78, 5) is 17.4. The van der Waals surface area contributed by atoms with E-state index in [9.17, 15) is 4.79 Å². The normalized spacial score (nSPS) is 13.5. The molecule has 1 aliphatic rings. The Bertz CT molecular complexity index is 541. The van der Waals surface area contributed by atoms with Crippen molar-refractivity contribution >= 4 is 12.1 Å². The van der Waals surface area contributed by atoms with E-state index in [0.717, 1.165) is 25.2 Å². The first-order valence-electron chi connectivity index (χ1n) is 5.60. The Hall–Kier alpha value is -2.16. The van der Waals surface area contributed by atoms with Crippen molar-refractivity contribution in [3.63, 3.8) is 0 Å². The summed E-state index contributed by atoms with van der Waals surface area (Å²) >= 11 is 0. The Balaban J connectivity index is 1.96. The number of aromatic nitrogens is 1. The number of carbonyl (C=O) groups is 1. The van der Waals surface area contributed by atoms with E-state index in [1.807, 2.05) is 12.1 Å². The molecule has 0 saturated carbocycles. The number of anilines is 1. The van der Waals surface area contributed by atoms with Gasteiger partial charge in [-0.05, 0) is 23.3 Å². The summed E-state index contributed by atoms with van der Waals surface area (Å²) < 4.78 is 0. The van der Waals surface area contributed by atoms with Gasteiger partial charge in [0.1, 0.15) is 5.82 Å². The molecular formula is C14H12N2O.